The number of benzene rings is 2. The lowest BCUT2D eigenvalue weighted by atomic mass is 10.00. The first kappa shape index (κ1) is 17.6. The second kappa shape index (κ2) is 8.27. The Morgan fingerprint density at radius 2 is 1.58 bits per heavy atom. The summed E-state index contributed by atoms with van der Waals surface area (Å²) >= 11 is 0. The minimum Gasteiger partial charge on any atom is -0.438 e. The number of hydrogen-bond donors (Lipinski definition) is 2. The van der Waals surface area contributed by atoms with Crippen LogP contribution in [0.4, 0.5) is 0 Å². The number of ether oxygens (including phenoxy) is 1. The molecule has 5 heteroatoms. The van der Waals surface area contributed by atoms with Crippen LogP contribution in [-0.2, 0) is 12.8 Å². The molecule has 0 radical (unpaired) electrons. The van der Waals surface area contributed by atoms with Gasteiger partial charge in [0.1, 0.15) is 11.3 Å². The van der Waals surface area contributed by atoms with Crippen molar-refractivity contribution in [1.82, 2.24) is 4.98 Å². The van der Waals surface area contributed by atoms with Crippen LogP contribution in [0.25, 0.3) is 0 Å². The molecule has 0 bridgehead atoms. The van der Waals surface area contributed by atoms with E-state index in [4.69, 9.17) is 16.2 Å². The summed E-state index contributed by atoms with van der Waals surface area (Å²) < 4.78 is 5.68. The Bertz CT molecular complexity index is 864. The number of amides is 1. The van der Waals surface area contributed by atoms with Crippen molar-refractivity contribution in [3.05, 3.63) is 89.6 Å². The molecule has 1 aromatic heterocycles. The lowest BCUT2D eigenvalue weighted by Crippen LogP contribution is -2.25. The fraction of sp³-hybridized carbons (Fsp3) is 0.143. The van der Waals surface area contributed by atoms with E-state index in [0.717, 1.165) is 18.4 Å². The first-order chi connectivity index (χ1) is 12.6. The van der Waals surface area contributed by atoms with Gasteiger partial charge >= 0.3 is 0 Å². The van der Waals surface area contributed by atoms with Gasteiger partial charge in [0.25, 0.3) is 5.91 Å². The van der Waals surface area contributed by atoms with Gasteiger partial charge in [-0.15, -0.1) is 0 Å². The molecule has 0 aliphatic heterocycles. The third kappa shape index (κ3) is 4.68. The van der Waals surface area contributed by atoms with Crippen molar-refractivity contribution in [3.63, 3.8) is 0 Å². The molecule has 0 saturated heterocycles. The minimum absolute atomic E-state index is 0.0430. The summed E-state index contributed by atoms with van der Waals surface area (Å²) in [7, 11) is 0. The molecule has 1 amide bonds. The molecule has 2 aromatic carbocycles. The standard InChI is InChI=1S/C21H21N3O2/c22-17(13-15-5-2-1-3-6-15)14-16-8-10-18(11-9-16)26-21-19(20(23)25)7-4-12-24-21/h1-12,17H,13-14,22H2,(H2,23,25). The number of rotatable bonds is 7. The molecule has 0 aliphatic rings. The van der Waals surface area contributed by atoms with Gasteiger partial charge in [0.2, 0.25) is 5.88 Å². The molecule has 0 spiro atoms. The molecule has 5 nitrogen and oxygen atoms in total. The van der Waals surface area contributed by atoms with Gasteiger partial charge in [0, 0.05) is 12.2 Å². The number of nitrogens with two attached hydrogens (primary N) is 2. The smallest absolute Gasteiger partial charge is 0.254 e. The highest BCUT2D eigenvalue weighted by atomic mass is 16.5. The Morgan fingerprint density at radius 1 is 0.923 bits per heavy atom. The third-order valence-electron chi connectivity index (χ3n) is 4.01. The topological polar surface area (TPSA) is 91.2 Å². The molecule has 1 heterocycles. The lowest BCUT2D eigenvalue weighted by Gasteiger charge is -2.13. The highest BCUT2D eigenvalue weighted by Gasteiger charge is 2.11. The van der Waals surface area contributed by atoms with Crippen molar-refractivity contribution in [2.45, 2.75) is 18.9 Å². The zero-order valence-electron chi connectivity index (χ0n) is 14.3. The summed E-state index contributed by atoms with van der Waals surface area (Å²) in [5.41, 5.74) is 14.2. The van der Waals surface area contributed by atoms with Crippen molar-refractivity contribution in [2.75, 3.05) is 0 Å². The van der Waals surface area contributed by atoms with E-state index in [0.29, 0.717) is 5.75 Å². The summed E-state index contributed by atoms with van der Waals surface area (Å²) in [5, 5.41) is 0. The zero-order chi connectivity index (χ0) is 18.4. The second-order valence-electron chi connectivity index (χ2n) is 6.12. The third-order valence-corrected chi connectivity index (χ3v) is 4.01. The van der Waals surface area contributed by atoms with Crippen LogP contribution < -0.4 is 16.2 Å². The first-order valence-corrected chi connectivity index (χ1v) is 8.43. The maximum atomic E-state index is 11.4. The highest BCUT2D eigenvalue weighted by molar-refractivity contribution is 5.95. The quantitative estimate of drug-likeness (QED) is 0.687. The van der Waals surface area contributed by atoms with Crippen molar-refractivity contribution < 1.29 is 9.53 Å². The Hall–Kier alpha value is -3.18. The second-order valence-corrected chi connectivity index (χ2v) is 6.12. The number of primary amides is 1. The molecule has 0 fully saturated rings. The Balaban J connectivity index is 1.63. The van der Waals surface area contributed by atoms with E-state index in [2.05, 4.69) is 17.1 Å². The Kier molecular flexibility index (Phi) is 5.61. The molecule has 3 rings (SSSR count). The lowest BCUT2D eigenvalue weighted by molar-refractivity contribution is 0.0997. The molecule has 4 N–H and O–H groups in total. The monoisotopic (exact) mass is 347 g/mol. The summed E-state index contributed by atoms with van der Waals surface area (Å²) in [6.45, 7) is 0. The van der Waals surface area contributed by atoms with Gasteiger partial charge in [0.05, 0.1) is 0 Å². The molecule has 1 unspecified atom stereocenters. The zero-order valence-corrected chi connectivity index (χ0v) is 14.3. The average molecular weight is 347 g/mol. The van der Waals surface area contributed by atoms with E-state index in [-0.39, 0.29) is 17.5 Å². The normalized spacial score (nSPS) is 11.7. The maximum absolute atomic E-state index is 11.4. The largest absolute Gasteiger partial charge is 0.438 e. The Morgan fingerprint density at radius 3 is 2.23 bits per heavy atom. The molecule has 1 atom stereocenters. The molecular formula is C21H21N3O2. The van der Waals surface area contributed by atoms with Crippen molar-refractivity contribution >= 4 is 5.91 Å². The van der Waals surface area contributed by atoms with Gasteiger partial charge in [-0.05, 0) is 48.2 Å². The summed E-state index contributed by atoms with van der Waals surface area (Å²) in [6.07, 6.45) is 3.15. The highest BCUT2D eigenvalue weighted by Crippen LogP contribution is 2.23. The summed E-state index contributed by atoms with van der Waals surface area (Å²) in [5.74, 6) is 0.219. The maximum Gasteiger partial charge on any atom is 0.254 e. The number of pyridine rings is 1. The van der Waals surface area contributed by atoms with Gasteiger partial charge in [-0.25, -0.2) is 4.98 Å². The van der Waals surface area contributed by atoms with E-state index in [9.17, 15) is 4.79 Å². The molecule has 26 heavy (non-hydrogen) atoms. The Labute approximate surface area is 152 Å². The molecule has 0 saturated carbocycles. The van der Waals surface area contributed by atoms with Crippen LogP contribution in [0.5, 0.6) is 11.6 Å². The number of carbonyl (C=O) groups excluding carboxylic acids is 1. The van der Waals surface area contributed by atoms with E-state index < -0.39 is 5.91 Å². The molecular weight excluding hydrogens is 326 g/mol. The molecule has 132 valence electrons. The van der Waals surface area contributed by atoms with Crippen molar-refractivity contribution in [1.29, 1.82) is 0 Å². The van der Waals surface area contributed by atoms with Crippen LogP contribution in [0.2, 0.25) is 0 Å². The predicted octanol–water partition coefficient (Wildman–Crippen LogP) is 3.09. The molecule has 0 aliphatic carbocycles. The van der Waals surface area contributed by atoms with Crippen LogP contribution in [0, 0.1) is 0 Å². The van der Waals surface area contributed by atoms with Gasteiger partial charge in [-0.3, -0.25) is 4.79 Å². The first-order valence-electron chi connectivity index (χ1n) is 8.43. The average Bonchev–Trinajstić information content (AvgIpc) is 2.64. The SMILES string of the molecule is NC(=O)c1cccnc1Oc1ccc(CC(N)Cc2ccccc2)cc1. The fourth-order valence-corrected chi connectivity index (χ4v) is 2.76. The molecule has 3 aromatic rings. The van der Waals surface area contributed by atoms with E-state index in [1.54, 1.807) is 18.3 Å². The van der Waals surface area contributed by atoms with Gasteiger partial charge in [-0.1, -0.05) is 42.5 Å². The van der Waals surface area contributed by atoms with E-state index in [1.807, 2.05) is 42.5 Å². The van der Waals surface area contributed by atoms with Gasteiger partial charge in [0.15, 0.2) is 0 Å². The van der Waals surface area contributed by atoms with Crippen LogP contribution in [0.15, 0.2) is 72.9 Å². The summed E-state index contributed by atoms with van der Waals surface area (Å²) in [4.78, 5) is 15.5. The van der Waals surface area contributed by atoms with Crippen LogP contribution in [0.3, 0.4) is 0 Å². The van der Waals surface area contributed by atoms with Crippen LogP contribution in [0.1, 0.15) is 21.5 Å². The van der Waals surface area contributed by atoms with Gasteiger partial charge in [-0.2, -0.15) is 0 Å². The number of nitrogens with zero attached hydrogens (tertiary/aromatic N) is 1. The van der Waals surface area contributed by atoms with Gasteiger partial charge < -0.3 is 16.2 Å². The van der Waals surface area contributed by atoms with E-state index >= 15 is 0 Å². The number of carbonyl (C=O) groups is 1. The van der Waals surface area contributed by atoms with Crippen molar-refractivity contribution in [3.8, 4) is 11.6 Å². The van der Waals surface area contributed by atoms with Crippen molar-refractivity contribution in [2.24, 2.45) is 11.5 Å². The van der Waals surface area contributed by atoms with E-state index in [1.165, 1.54) is 5.56 Å². The predicted molar refractivity (Wildman–Crippen MR) is 101 cm³/mol. The van der Waals surface area contributed by atoms with Crippen LogP contribution in [-0.4, -0.2) is 16.9 Å². The van der Waals surface area contributed by atoms with Crippen LogP contribution >= 0.6 is 0 Å². The number of hydrogen-bond acceptors (Lipinski definition) is 4. The fourth-order valence-electron chi connectivity index (χ4n) is 2.76. The minimum atomic E-state index is -0.573. The summed E-state index contributed by atoms with van der Waals surface area (Å²) in [6, 6.07) is 21.1. The number of aromatic nitrogens is 1.